The fraction of sp³-hybridized carbons (Fsp3) is 0.360. The molecule has 168 valence electrons. The van der Waals surface area contributed by atoms with Gasteiger partial charge in [-0.3, -0.25) is 4.79 Å². The van der Waals surface area contributed by atoms with Crippen molar-refractivity contribution in [1.29, 1.82) is 0 Å². The molecular formula is C25H26F3N3O. The maximum Gasteiger partial charge on any atom is 0.433 e. The molecule has 1 heterocycles. The molecule has 2 aromatic carbocycles. The van der Waals surface area contributed by atoms with Crippen LogP contribution in [-0.2, 0) is 12.6 Å². The SMILES string of the molecule is CCc1ccc(C(=O)NC2CCC[C@H](Nc3cc(C(F)(F)F)nc4ccccc34)C2)cc1. The number of alkyl halides is 3. The first-order chi connectivity index (χ1) is 15.3. The fourth-order valence-corrected chi connectivity index (χ4v) is 4.27. The first-order valence-corrected chi connectivity index (χ1v) is 11.0. The molecular weight excluding hydrogens is 415 g/mol. The Labute approximate surface area is 185 Å². The number of rotatable bonds is 5. The molecule has 2 atom stereocenters. The standard InChI is InChI=1S/C25H26F3N3O/c1-2-16-10-12-17(13-11-16)24(32)30-19-7-5-6-18(14-19)29-22-15-23(25(26,27)28)31-21-9-4-3-8-20(21)22/h3-4,8-13,15,18-19H,2,5-7,14H2,1H3,(H,29,31)(H,30,32)/t18-,19?/m0/s1. The third-order valence-corrected chi connectivity index (χ3v) is 6.00. The highest BCUT2D eigenvalue weighted by molar-refractivity contribution is 5.94. The van der Waals surface area contributed by atoms with Crippen LogP contribution in [-0.4, -0.2) is 23.0 Å². The molecule has 0 aliphatic heterocycles. The number of nitrogens with zero attached hydrogens (tertiary/aromatic N) is 1. The Morgan fingerprint density at radius 1 is 1.06 bits per heavy atom. The number of hydrogen-bond acceptors (Lipinski definition) is 3. The van der Waals surface area contributed by atoms with E-state index in [1.54, 1.807) is 24.3 Å². The summed E-state index contributed by atoms with van der Waals surface area (Å²) in [6.45, 7) is 2.06. The van der Waals surface area contributed by atoms with E-state index in [0.717, 1.165) is 31.7 Å². The number of anilines is 1. The van der Waals surface area contributed by atoms with Crippen LogP contribution in [0, 0.1) is 0 Å². The number of halogens is 3. The molecule has 1 unspecified atom stereocenters. The summed E-state index contributed by atoms with van der Waals surface area (Å²) >= 11 is 0. The fourth-order valence-electron chi connectivity index (χ4n) is 4.27. The highest BCUT2D eigenvalue weighted by Gasteiger charge is 2.34. The number of para-hydroxylation sites is 1. The molecule has 4 nitrogen and oxygen atoms in total. The van der Waals surface area contributed by atoms with Gasteiger partial charge >= 0.3 is 6.18 Å². The number of aryl methyl sites for hydroxylation is 1. The van der Waals surface area contributed by atoms with Gasteiger partial charge in [-0.1, -0.05) is 37.3 Å². The van der Waals surface area contributed by atoms with Gasteiger partial charge in [-0.05, 0) is 61.9 Å². The molecule has 0 bridgehead atoms. The van der Waals surface area contributed by atoms with Crippen molar-refractivity contribution in [1.82, 2.24) is 10.3 Å². The Bertz CT molecular complexity index is 1100. The van der Waals surface area contributed by atoms with Gasteiger partial charge in [0.15, 0.2) is 0 Å². The predicted octanol–water partition coefficient (Wildman–Crippen LogP) is 5.97. The van der Waals surface area contributed by atoms with Crippen LogP contribution in [0.15, 0.2) is 54.6 Å². The third kappa shape index (κ3) is 5.03. The smallest absolute Gasteiger partial charge is 0.382 e. The number of pyridine rings is 1. The van der Waals surface area contributed by atoms with E-state index in [1.807, 2.05) is 24.3 Å². The highest BCUT2D eigenvalue weighted by atomic mass is 19.4. The minimum atomic E-state index is -4.52. The van der Waals surface area contributed by atoms with E-state index in [9.17, 15) is 18.0 Å². The molecule has 1 aliphatic rings. The van der Waals surface area contributed by atoms with Crippen LogP contribution in [0.2, 0.25) is 0 Å². The maximum atomic E-state index is 13.4. The predicted molar refractivity (Wildman–Crippen MR) is 120 cm³/mol. The van der Waals surface area contributed by atoms with Gasteiger partial charge in [-0.25, -0.2) is 4.98 Å². The zero-order valence-electron chi connectivity index (χ0n) is 17.9. The van der Waals surface area contributed by atoms with Gasteiger partial charge in [0, 0.05) is 28.7 Å². The Morgan fingerprint density at radius 2 is 1.78 bits per heavy atom. The monoisotopic (exact) mass is 441 g/mol. The van der Waals surface area contributed by atoms with Crippen LogP contribution >= 0.6 is 0 Å². The van der Waals surface area contributed by atoms with E-state index in [0.29, 0.717) is 28.6 Å². The van der Waals surface area contributed by atoms with Crippen LogP contribution in [0.4, 0.5) is 18.9 Å². The molecule has 32 heavy (non-hydrogen) atoms. The summed E-state index contributed by atoms with van der Waals surface area (Å²) < 4.78 is 40.1. The van der Waals surface area contributed by atoms with Crippen molar-refractivity contribution in [2.45, 2.75) is 57.3 Å². The summed E-state index contributed by atoms with van der Waals surface area (Å²) in [5.74, 6) is -0.118. The first kappa shape index (κ1) is 22.1. The first-order valence-electron chi connectivity index (χ1n) is 11.0. The van der Waals surface area contributed by atoms with Gasteiger partial charge in [0.25, 0.3) is 5.91 Å². The molecule has 0 saturated heterocycles. The third-order valence-electron chi connectivity index (χ3n) is 6.00. The van der Waals surface area contributed by atoms with Crippen LogP contribution < -0.4 is 10.6 Å². The van der Waals surface area contributed by atoms with Crippen molar-refractivity contribution in [2.24, 2.45) is 0 Å². The Balaban J connectivity index is 1.48. The van der Waals surface area contributed by atoms with Crippen molar-refractivity contribution in [3.05, 3.63) is 71.4 Å². The molecule has 1 amide bonds. The van der Waals surface area contributed by atoms with E-state index in [1.165, 1.54) is 5.56 Å². The lowest BCUT2D eigenvalue weighted by Crippen LogP contribution is -2.41. The van der Waals surface area contributed by atoms with Gasteiger partial charge in [0.2, 0.25) is 0 Å². The summed E-state index contributed by atoms with van der Waals surface area (Å²) in [6.07, 6.45) is -0.394. The van der Waals surface area contributed by atoms with E-state index in [-0.39, 0.29) is 18.0 Å². The minimum Gasteiger partial charge on any atom is -0.382 e. The van der Waals surface area contributed by atoms with Gasteiger partial charge in [-0.2, -0.15) is 13.2 Å². The maximum absolute atomic E-state index is 13.4. The van der Waals surface area contributed by atoms with Gasteiger partial charge in [0.1, 0.15) is 5.69 Å². The second-order valence-corrected chi connectivity index (χ2v) is 8.30. The lowest BCUT2D eigenvalue weighted by Gasteiger charge is -2.31. The van der Waals surface area contributed by atoms with Crippen molar-refractivity contribution < 1.29 is 18.0 Å². The molecule has 4 rings (SSSR count). The summed E-state index contributed by atoms with van der Waals surface area (Å²) in [5.41, 5.74) is 1.62. The Kier molecular flexibility index (Phi) is 6.35. The Hall–Kier alpha value is -3.09. The topological polar surface area (TPSA) is 54.0 Å². The molecule has 0 spiro atoms. The average molecular weight is 441 g/mol. The Morgan fingerprint density at radius 3 is 2.50 bits per heavy atom. The van der Waals surface area contributed by atoms with Crippen molar-refractivity contribution >= 4 is 22.5 Å². The summed E-state index contributed by atoms with van der Waals surface area (Å²) in [4.78, 5) is 16.4. The van der Waals surface area contributed by atoms with Crippen LogP contribution in [0.5, 0.6) is 0 Å². The zero-order chi connectivity index (χ0) is 22.7. The second kappa shape index (κ2) is 9.18. The number of hydrogen-bond donors (Lipinski definition) is 2. The lowest BCUT2D eigenvalue weighted by molar-refractivity contribution is -0.140. The van der Waals surface area contributed by atoms with Crippen molar-refractivity contribution in [3.63, 3.8) is 0 Å². The molecule has 1 saturated carbocycles. The zero-order valence-corrected chi connectivity index (χ0v) is 17.9. The number of carbonyl (C=O) groups excluding carboxylic acids is 1. The molecule has 1 aromatic heterocycles. The summed E-state index contributed by atoms with van der Waals surface area (Å²) in [6, 6.07) is 15.4. The second-order valence-electron chi connectivity index (χ2n) is 8.30. The molecule has 1 fully saturated rings. The average Bonchev–Trinajstić information content (AvgIpc) is 2.78. The number of benzene rings is 2. The molecule has 0 radical (unpaired) electrons. The normalized spacial score (nSPS) is 19.0. The van der Waals surface area contributed by atoms with E-state index >= 15 is 0 Å². The minimum absolute atomic E-state index is 0.0326. The number of carbonyl (C=O) groups is 1. The lowest BCUT2D eigenvalue weighted by atomic mass is 9.90. The van der Waals surface area contributed by atoms with Crippen LogP contribution in [0.1, 0.15) is 54.2 Å². The number of nitrogens with one attached hydrogen (secondary N) is 2. The summed E-state index contributed by atoms with van der Waals surface area (Å²) in [7, 11) is 0. The quantitative estimate of drug-likeness (QED) is 0.513. The number of fused-ring (bicyclic) bond motifs is 1. The summed E-state index contributed by atoms with van der Waals surface area (Å²) in [5, 5.41) is 7.05. The van der Waals surface area contributed by atoms with Crippen LogP contribution in [0.3, 0.4) is 0 Å². The van der Waals surface area contributed by atoms with Gasteiger partial charge in [0.05, 0.1) is 5.52 Å². The van der Waals surface area contributed by atoms with E-state index < -0.39 is 11.9 Å². The number of aromatic nitrogens is 1. The van der Waals surface area contributed by atoms with Gasteiger partial charge < -0.3 is 10.6 Å². The molecule has 1 aliphatic carbocycles. The molecule has 2 N–H and O–H groups in total. The molecule has 3 aromatic rings. The van der Waals surface area contributed by atoms with E-state index in [4.69, 9.17) is 0 Å². The van der Waals surface area contributed by atoms with Crippen LogP contribution in [0.25, 0.3) is 10.9 Å². The highest BCUT2D eigenvalue weighted by Crippen LogP contribution is 2.34. The largest absolute Gasteiger partial charge is 0.433 e. The van der Waals surface area contributed by atoms with Crippen molar-refractivity contribution in [3.8, 4) is 0 Å². The van der Waals surface area contributed by atoms with E-state index in [2.05, 4.69) is 22.5 Å². The molecule has 7 heteroatoms. The van der Waals surface area contributed by atoms with Gasteiger partial charge in [-0.15, -0.1) is 0 Å². The van der Waals surface area contributed by atoms with Crippen molar-refractivity contribution in [2.75, 3.05) is 5.32 Å². The number of amides is 1.